The van der Waals surface area contributed by atoms with E-state index in [2.05, 4.69) is 0 Å². The number of carbonyl (C=O) groups is 1. The van der Waals surface area contributed by atoms with Crippen LogP contribution in [-0.4, -0.2) is 17.9 Å². The first-order valence-corrected chi connectivity index (χ1v) is 5.64. The van der Waals surface area contributed by atoms with Gasteiger partial charge in [0.15, 0.2) is 0 Å². The van der Waals surface area contributed by atoms with Crippen molar-refractivity contribution < 1.29 is 4.79 Å². The lowest BCUT2D eigenvalue weighted by Gasteiger charge is -2.20. The summed E-state index contributed by atoms with van der Waals surface area (Å²) in [7, 11) is 0. The van der Waals surface area contributed by atoms with Crippen molar-refractivity contribution >= 4 is 29.6 Å². The number of rotatable bonds is 2. The van der Waals surface area contributed by atoms with E-state index in [-0.39, 0.29) is 6.04 Å². The molecule has 1 aromatic carbocycles. The molecule has 80 valence electrons. The van der Waals surface area contributed by atoms with Crippen LogP contribution in [0.25, 0.3) is 0 Å². The molecule has 2 rings (SSSR count). The highest BCUT2D eigenvalue weighted by Crippen LogP contribution is 2.33. The first-order valence-electron chi connectivity index (χ1n) is 4.88. The van der Waals surface area contributed by atoms with Gasteiger partial charge in [-0.2, -0.15) is 0 Å². The number of carbonyl (C=O) groups excluding carboxylic acids is 1. The minimum absolute atomic E-state index is 0.164. The molecule has 0 bridgehead atoms. The van der Waals surface area contributed by atoms with Gasteiger partial charge >= 0.3 is 0 Å². The van der Waals surface area contributed by atoms with Crippen molar-refractivity contribution in [3.05, 3.63) is 33.8 Å². The van der Waals surface area contributed by atoms with Crippen LogP contribution in [-0.2, 0) is 4.79 Å². The average molecular weight is 244 g/mol. The van der Waals surface area contributed by atoms with Crippen LogP contribution in [0.15, 0.2) is 18.2 Å². The summed E-state index contributed by atoms with van der Waals surface area (Å²) in [6.07, 6.45) is 2.94. The van der Waals surface area contributed by atoms with Gasteiger partial charge in [-0.25, -0.2) is 0 Å². The number of benzene rings is 1. The van der Waals surface area contributed by atoms with Gasteiger partial charge < -0.3 is 4.90 Å². The molecule has 0 saturated carbocycles. The lowest BCUT2D eigenvalue weighted by atomic mass is 10.1. The van der Waals surface area contributed by atoms with E-state index >= 15 is 0 Å². The number of halogens is 2. The topological polar surface area (TPSA) is 20.3 Å². The third-order valence-electron chi connectivity index (χ3n) is 2.76. The second kappa shape index (κ2) is 4.42. The van der Waals surface area contributed by atoms with E-state index < -0.39 is 0 Å². The van der Waals surface area contributed by atoms with E-state index in [0.717, 1.165) is 31.4 Å². The number of hydrogen-bond donors (Lipinski definition) is 0. The Morgan fingerprint density at radius 2 is 2.13 bits per heavy atom. The molecule has 0 radical (unpaired) electrons. The van der Waals surface area contributed by atoms with Gasteiger partial charge in [0.2, 0.25) is 6.41 Å². The second-order valence-corrected chi connectivity index (χ2v) is 4.49. The van der Waals surface area contributed by atoms with Crippen molar-refractivity contribution in [2.75, 3.05) is 6.54 Å². The van der Waals surface area contributed by atoms with Crippen molar-refractivity contribution in [3.63, 3.8) is 0 Å². The maximum atomic E-state index is 10.8. The number of hydrogen-bond acceptors (Lipinski definition) is 1. The third kappa shape index (κ3) is 2.11. The number of amides is 1. The smallest absolute Gasteiger partial charge is 0.210 e. The summed E-state index contributed by atoms with van der Waals surface area (Å²) in [4.78, 5) is 12.6. The molecule has 0 spiro atoms. The summed E-state index contributed by atoms with van der Waals surface area (Å²) in [5.74, 6) is 0. The van der Waals surface area contributed by atoms with Gasteiger partial charge in [-0.3, -0.25) is 4.79 Å². The molecular formula is C11H11Cl2NO. The van der Waals surface area contributed by atoms with Crippen molar-refractivity contribution in [3.8, 4) is 0 Å². The van der Waals surface area contributed by atoms with E-state index in [0.29, 0.717) is 10.0 Å². The van der Waals surface area contributed by atoms with Crippen LogP contribution in [0, 0.1) is 0 Å². The predicted molar refractivity (Wildman–Crippen MR) is 61.2 cm³/mol. The van der Waals surface area contributed by atoms with E-state index in [9.17, 15) is 4.79 Å². The Bertz CT molecular complexity index is 381. The molecule has 0 N–H and O–H groups in total. The van der Waals surface area contributed by atoms with Gasteiger partial charge in [-0.15, -0.1) is 0 Å². The number of likely N-dealkylation sites (tertiary alicyclic amines) is 1. The molecule has 0 aromatic heterocycles. The minimum atomic E-state index is 0.164. The van der Waals surface area contributed by atoms with E-state index in [4.69, 9.17) is 23.2 Å². The van der Waals surface area contributed by atoms with Gasteiger partial charge in [0.25, 0.3) is 0 Å². The van der Waals surface area contributed by atoms with Crippen LogP contribution in [0.5, 0.6) is 0 Å². The standard InChI is InChI=1S/C11H11Cl2NO/c12-9-4-3-8(6-10(9)13)11-2-1-5-14(11)7-15/h3-4,6-7,11H,1-2,5H2. The predicted octanol–water partition coefficient (Wildman–Crippen LogP) is 3.29. The monoisotopic (exact) mass is 243 g/mol. The molecular weight excluding hydrogens is 233 g/mol. The summed E-state index contributed by atoms with van der Waals surface area (Å²) in [5, 5.41) is 1.10. The SMILES string of the molecule is O=CN1CCCC1c1ccc(Cl)c(Cl)c1. The Morgan fingerprint density at radius 1 is 1.33 bits per heavy atom. The molecule has 1 aliphatic heterocycles. The molecule has 15 heavy (non-hydrogen) atoms. The molecule has 4 heteroatoms. The third-order valence-corrected chi connectivity index (χ3v) is 3.50. The highest BCUT2D eigenvalue weighted by Gasteiger charge is 2.24. The van der Waals surface area contributed by atoms with Gasteiger partial charge in [-0.1, -0.05) is 29.3 Å². The van der Waals surface area contributed by atoms with Crippen LogP contribution in [0.2, 0.25) is 10.0 Å². The molecule has 1 unspecified atom stereocenters. The van der Waals surface area contributed by atoms with Crippen LogP contribution in [0.1, 0.15) is 24.4 Å². The van der Waals surface area contributed by atoms with E-state index in [1.54, 1.807) is 11.0 Å². The zero-order valence-corrected chi connectivity index (χ0v) is 9.63. The number of nitrogens with zero attached hydrogens (tertiary/aromatic N) is 1. The highest BCUT2D eigenvalue weighted by atomic mass is 35.5. The normalized spacial score (nSPS) is 20.7. The second-order valence-electron chi connectivity index (χ2n) is 3.67. The van der Waals surface area contributed by atoms with Gasteiger partial charge in [0.1, 0.15) is 0 Å². The fraction of sp³-hybridized carbons (Fsp3) is 0.364. The largest absolute Gasteiger partial charge is 0.338 e. The van der Waals surface area contributed by atoms with Crippen molar-refractivity contribution in [2.45, 2.75) is 18.9 Å². The lowest BCUT2D eigenvalue weighted by molar-refractivity contribution is -0.118. The first kappa shape index (κ1) is 10.8. The summed E-state index contributed by atoms with van der Waals surface area (Å²) < 4.78 is 0. The Balaban J connectivity index is 2.28. The van der Waals surface area contributed by atoms with Crippen LogP contribution in [0.4, 0.5) is 0 Å². The van der Waals surface area contributed by atoms with Crippen LogP contribution in [0.3, 0.4) is 0 Å². The fourth-order valence-corrected chi connectivity index (χ4v) is 2.30. The molecule has 1 aromatic rings. The van der Waals surface area contributed by atoms with Crippen LogP contribution < -0.4 is 0 Å². The Morgan fingerprint density at radius 3 is 2.80 bits per heavy atom. The Labute approximate surface area is 98.8 Å². The first-order chi connectivity index (χ1) is 7.22. The molecule has 2 nitrogen and oxygen atoms in total. The molecule has 1 amide bonds. The maximum Gasteiger partial charge on any atom is 0.210 e. The van der Waals surface area contributed by atoms with Crippen molar-refractivity contribution in [2.24, 2.45) is 0 Å². The van der Waals surface area contributed by atoms with Crippen molar-refractivity contribution in [1.82, 2.24) is 4.90 Å². The molecule has 1 fully saturated rings. The van der Waals surface area contributed by atoms with E-state index in [1.807, 2.05) is 12.1 Å². The van der Waals surface area contributed by atoms with E-state index in [1.165, 1.54) is 0 Å². The zero-order valence-electron chi connectivity index (χ0n) is 8.12. The molecule has 1 atom stereocenters. The highest BCUT2D eigenvalue weighted by molar-refractivity contribution is 6.42. The quantitative estimate of drug-likeness (QED) is 0.731. The molecule has 1 aliphatic rings. The molecule has 0 aliphatic carbocycles. The molecule has 1 heterocycles. The summed E-state index contributed by atoms with van der Waals surface area (Å²) in [5.41, 5.74) is 1.06. The maximum absolute atomic E-state index is 10.8. The van der Waals surface area contributed by atoms with Gasteiger partial charge in [-0.05, 0) is 30.5 Å². The summed E-state index contributed by atoms with van der Waals surface area (Å²) >= 11 is 11.8. The Kier molecular flexibility index (Phi) is 3.17. The summed E-state index contributed by atoms with van der Waals surface area (Å²) in [6, 6.07) is 5.72. The zero-order chi connectivity index (χ0) is 10.8. The average Bonchev–Trinajstić information content (AvgIpc) is 2.70. The van der Waals surface area contributed by atoms with Gasteiger partial charge in [0.05, 0.1) is 16.1 Å². The van der Waals surface area contributed by atoms with Crippen molar-refractivity contribution in [1.29, 1.82) is 0 Å². The summed E-state index contributed by atoms with van der Waals surface area (Å²) in [6.45, 7) is 0.828. The van der Waals surface area contributed by atoms with Gasteiger partial charge in [0, 0.05) is 6.54 Å². The van der Waals surface area contributed by atoms with Crippen LogP contribution >= 0.6 is 23.2 Å². The minimum Gasteiger partial charge on any atom is -0.338 e. The molecule has 1 saturated heterocycles. The Hall–Kier alpha value is -0.730. The lowest BCUT2D eigenvalue weighted by Crippen LogP contribution is -2.20. The fourth-order valence-electron chi connectivity index (χ4n) is 1.99.